The highest BCUT2D eigenvalue weighted by atomic mass is 16.2. The average molecular weight is 210 g/mol. The Balaban J connectivity index is 1.94. The number of carbonyl (C=O) groups is 1. The van der Waals surface area contributed by atoms with Gasteiger partial charge in [0.05, 0.1) is 5.92 Å². The van der Waals surface area contributed by atoms with Crippen LogP contribution in [0, 0.1) is 5.92 Å². The number of rotatable bonds is 2. The van der Waals surface area contributed by atoms with Crippen molar-refractivity contribution in [3.63, 3.8) is 0 Å². The Kier molecular flexibility index (Phi) is 3.29. The molecular formula is C12H22N2O. The molecule has 0 aromatic rings. The van der Waals surface area contributed by atoms with E-state index in [-0.39, 0.29) is 5.92 Å². The zero-order valence-corrected chi connectivity index (χ0v) is 9.83. The molecule has 1 saturated carbocycles. The molecule has 0 aromatic heterocycles. The molecule has 2 atom stereocenters. The lowest BCUT2D eigenvalue weighted by atomic mass is 9.99. The van der Waals surface area contributed by atoms with Crippen LogP contribution in [0.3, 0.4) is 0 Å². The molecule has 3 heteroatoms. The lowest BCUT2D eigenvalue weighted by Crippen LogP contribution is -2.42. The second-order valence-electron chi connectivity index (χ2n) is 5.03. The van der Waals surface area contributed by atoms with Crippen LogP contribution in [0.5, 0.6) is 0 Å². The lowest BCUT2D eigenvalue weighted by Gasteiger charge is -2.28. The Morgan fingerprint density at radius 1 is 1.27 bits per heavy atom. The van der Waals surface area contributed by atoms with E-state index in [1.165, 1.54) is 25.7 Å². The Morgan fingerprint density at radius 3 is 2.47 bits per heavy atom. The van der Waals surface area contributed by atoms with E-state index in [1.807, 2.05) is 11.9 Å². The fourth-order valence-corrected chi connectivity index (χ4v) is 2.93. The Bertz CT molecular complexity index is 236. The maximum absolute atomic E-state index is 12.2. The number of amides is 1. The number of hydrogen-bond acceptors (Lipinski definition) is 2. The van der Waals surface area contributed by atoms with Gasteiger partial charge in [0.1, 0.15) is 0 Å². The average Bonchev–Trinajstić information content (AvgIpc) is 2.85. The smallest absolute Gasteiger partial charge is 0.227 e. The molecule has 1 saturated heterocycles. The van der Waals surface area contributed by atoms with Gasteiger partial charge in [0.2, 0.25) is 5.91 Å². The molecule has 2 aliphatic rings. The summed E-state index contributed by atoms with van der Waals surface area (Å²) in [6.45, 7) is 3.12. The summed E-state index contributed by atoms with van der Waals surface area (Å²) in [6.07, 6.45) is 6.01. The Labute approximate surface area is 92.2 Å². The topological polar surface area (TPSA) is 32.3 Å². The normalized spacial score (nSPS) is 32.1. The maximum Gasteiger partial charge on any atom is 0.227 e. The summed E-state index contributed by atoms with van der Waals surface area (Å²) in [7, 11) is 1.99. The van der Waals surface area contributed by atoms with Crippen LogP contribution >= 0.6 is 0 Å². The van der Waals surface area contributed by atoms with E-state index in [2.05, 4.69) is 12.2 Å². The van der Waals surface area contributed by atoms with Gasteiger partial charge < -0.3 is 10.2 Å². The molecule has 2 unspecified atom stereocenters. The number of carbonyl (C=O) groups excluding carboxylic acids is 1. The second-order valence-corrected chi connectivity index (χ2v) is 5.03. The van der Waals surface area contributed by atoms with Crippen molar-refractivity contribution in [3.05, 3.63) is 0 Å². The van der Waals surface area contributed by atoms with Gasteiger partial charge in [0.15, 0.2) is 0 Å². The zero-order valence-electron chi connectivity index (χ0n) is 9.83. The lowest BCUT2D eigenvalue weighted by molar-refractivity contribution is -0.136. The van der Waals surface area contributed by atoms with Crippen LogP contribution in [0.15, 0.2) is 0 Å². The van der Waals surface area contributed by atoms with E-state index in [0.29, 0.717) is 18.0 Å². The fourth-order valence-electron chi connectivity index (χ4n) is 2.93. The van der Waals surface area contributed by atoms with E-state index in [0.717, 1.165) is 13.0 Å². The maximum atomic E-state index is 12.2. The van der Waals surface area contributed by atoms with Gasteiger partial charge in [0, 0.05) is 19.1 Å². The molecule has 86 valence electrons. The quantitative estimate of drug-likeness (QED) is 0.747. The van der Waals surface area contributed by atoms with Crippen molar-refractivity contribution in [2.45, 2.75) is 51.1 Å². The number of hydrogen-bond donors (Lipinski definition) is 1. The van der Waals surface area contributed by atoms with Crippen molar-refractivity contribution in [1.82, 2.24) is 10.2 Å². The van der Waals surface area contributed by atoms with Crippen molar-refractivity contribution in [2.75, 3.05) is 13.6 Å². The predicted molar refractivity (Wildman–Crippen MR) is 60.6 cm³/mol. The molecular weight excluding hydrogens is 188 g/mol. The molecule has 0 bridgehead atoms. The standard InChI is InChI=1S/C12H22N2O/c1-9-11(7-8-13-9)12(15)14(2)10-5-3-4-6-10/h9-11,13H,3-8H2,1-2H3. The zero-order chi connectivity index (χ0) is 10.8. The minimum Gasteiger partial charge on any atom is -0.342 e. The van der Waals surface area contributed by atoms with Crippen LogP contribution in [-0.2, 0) is 4.79 Å². The first-order chi connectivity index (χ1) is 7.20. The monoisotopic (exact) mass is 210 g/mol. The highest BCUT2D eigenvalue weighted by molar-refractivity contribution is 5.80. The number of nitrogens with one attached hydrogen (secondary N) is 1. The van der Waals surface area contributed by atoms with Crippen LogP contribution in [0.1, 0.15) is 39.0 Å². The molecule has 2 rings (SSSR count). The van der Waals surface area contributed by atoms with Crippen molar-refractivity contribution in [3.8, 4) is 0 Å². The van der Waals surface area contributed by atoms with Gasteiger partial charge in [-0.2, -0.15) is 0 Å². The van der Waals surface area contributed by atoms with Crippen molar-refractivity contribution >= 4 is 5.91 Å². The van der Waals surface area contributed by atoms with Gasteiger partial charge in [-0.25, -0.2) is 0 Å². The SMILES string of the molecule is CC1NCCC1C(=O)N(C)C1CCCC1. The van der Waals surface area contributed by atoms with Crippen LogP contribution in [0.4, 0.5) is 0 Å². The first-order valence-electron chi connectivity index (χ1n) is 6.20. The minimum absolute atomic E-state index is 0.218. The predicted octanol–water partition coefficient (Wildman–Crippen LogP) is 1.39. The third-order valence-corrected chi connectivity index (χ3v) is 4.06. The van der Waals surface area contributed by atoms with Crippen LogP contribution in [-0.4, -0.2) is 36.5 Å². The highest BCUT2D eigenvalue weighted by Crippen LogP contribution is 2.26. The summed E-state index contributed by atoms with van der Waals surface area (Å²) in [4.78, 5) is 14.2. The number of nitrogens with zero attached hydrogens (tertiary/aromatic N) is 1. The third kappa shape index (κ3) is 2.17. The van der Waals surface area contributed by atoms with Gasteiger partial charge in [0.25, 0.3) is 0 Å². The summed E-state index contributed by atoms with van der Waals surface area (Å²) in [5.41, 5.74) is 0. The highest BCUT2D eigenvalue weighted by Gasteiger charge is 2.34. The third-order valence-electron chi connectivity index (χ3n) is 4.06. The first-order valence-corrected chi connectivity index (χ1v) is 6.20. The second kappa shape index (κ2) is 4.52. The molecule has 3 nitrogen and oxygen atoms in total. The fraction of sp³-hybridized carbons (Fsp3) is 0.917. The van der Waals surface area contributed by atoms with E-state index < -0.39 is 0 Å². The molecule has 1 N–H and O–H groups in total. The molecule has 1 aliphatic heterocycles. The Morgan fingerprint density at radius 2 is 1.93 bits per heavy atom. The van der Waals surface area contributed by atoms with Gasteiger partial charge in [-0.3, -0.25) is 4.79 Å². The summed E-state index contributed by atoms with van der Waals surface area (Å²) >= 11 is 0. The molecule has 1 amide bonds. The van der Waals surface area contributed by atoms with Crippen LogP contribution in [0.25, 0.3) is 0 Å². The summed E-state index contributed by atoms with van der Waals surface area (Å²) in [6, 6.07) is 0.881. The van der Waals surface area contributed by atoms with Crippen molar-refractivity contribution < 1.29 is 4.79 Å². The summed E-state index contributed by atoms with van der Waals surface area (Å²) < 4.78 is 0. The largest absolute Gasteiger partial charge is 0.342 e. The molecule has 2 fully saturated rings. The van der Waals surface area contributed by atoms with Crippen molar-refractivity contribution in [1.29, 1.82) is 0 Å². The van der Waals surface area contributed by atoms with Crippen LogP contribution in [0.2, 0.25) is 0 Å². The van der Waals surface area contributed by atoms with Gasteiger partial charge >= 0.3 is 0 Å². The Hall–Kier alpha value is -0.570. The van der Waals surface area contributed by atoms with E-state index in [1.54, 1.807) is 0 Å². The van der Waals surface area contributed by atoms with Gasteiger partial charge in [-0.1, -0.05) is 12.8 Å². The van der Waals surface area contributed by atoms with Gasteiger partial charge in [-0.05, 0) is 32.7 Å². The molecule has 1 heterocycles. The van der Waals surface area contributed by atoms with Gasteiger partial charge in [-0.15, -0.1) is 0 Å². The van der Waals surface area contributed by atoms with E-state index >= 15 is 0 Å². The van der Waals surface area contributed by atoms with Crippen LogP contribution < -0.4 is 5.32 Å². The molecule has 1 aliphatic carbocycles. The minimum atomic E-state index is 0.218. The van der Waals surface area contributed by atoms with Crippen molar-refractivity contribution in [2.24, 2.45) is 5.92 Å². The summed E-state index contributed by atoms with van der Waals surface area (Å²) in [5.74, 6) is 0.579. The van der Waals surface area contributed by atoms with E-state index in [9.17, 15) is 4.79 Å². The van der Waals surface area contributed by atoms with E-state index in [4.69, 9.17) is 0 Å². The molecule has 0 radical (unpaired) electrons. The first kappa shape index (κ1) is 10.9. The molecule has 0 spiro atoms. The summed E-state index contributed by atoms with van der Waals surface area (Å²) in [5, 5.41) is 3.35. The molecule has 0 aromatic carbocycles. The molecule has 15 heavy (non-hydrogen) atoms.